The van der Waals surface area contributed by atoms with Gasteiger partial charge < -0.3 is 18.9 Å². The summed E-state index contributed by atoms with van der Waals surface area (Å²) >= 11 is 1.88. The van der Waals surface area contributed by atoms with Gasteiger partial charge in [-0.3, -0.25) is 0 Å². The van der Waals surface area contributed by atoms with Crippen LogP contribution in [-0.2, 0) is 21.7 Å². The van der Waals surface area contributed by atoms with E-state index >= 15 is 0 Å². The summed E-state index contributed by atoms with van der Waals surface area (Å²) in [6.07, 6.45) is 0. The van der Waals surface area contributed by atoms with E-state index in [1.807, 2.05) is 11.3 Å². The van der Waals surface area contributed by atoms with Crippen LogP contribution in [0.2, 0.25) is 0 Å². The highest BCUT2D eigenvalue weighted by Gasteiger charge is 2.46. The smallest absolute Gasteiger partial charge is 0.252 e. The van der Waals surface area contributed by atoms with E-state index in [2.05, 4.69) is 326 Å². The Labute approximate surface area is 522 Å². The molecule has 2 aliphatic rings. The normalized spacial score (nSPS) is 13.6. The van der Waals surface area contributed by atoms with Crippen LogP contribution in [0.5, 0.6) is 0 Å². The Morgan fingerprint density at radius 3 is 1.12 bits per heavy atom. The fraction of sp³-hybridized carbons (Fsp3) is 0.195. The van der Waals surface area contributed by atoms with Crippen molar-refractivity contribution in [3.8, 4) is 22.5 Å². The third-order valence-corrected chi connectivity index (χ3v) is 20.4. The molecule has 0 atom stereocenters. The minimum absolute atomic E-state index is 0.135. The lowest BCUT2D eigenvalue weighted by atomic mass is 9.33. The first-order valence-corrected chi connectivity index (χ1v) is 32.2. The number of thiophene rings is 1. The zero-order valence-electron chi connectivity index (χ0n) is 52.6. The summed E-state index contributed by atoms with van der Waals surface area (Å²) < 4.78 is 7.61. The van der Waals surface area contributed by atoms with E-state index in [0.717, 1.165) is 11.4 Å². The molecule has 0 saturated carbocycles. The standard InChI is InChI=1S/C82H73BN4S/c1-79(2,3)52-40-53(80(4,5)6)43-58(42-52)86-72-48-70-63(60-29-19-22-32-68(60)84(70)56-25-15-13-16-26-56)46-66(72)83-67-47-64-61-30-20-23-33-69(61)85(57-27-17-14-18-28-57)71(64)49-73(67)87(59-44-54(81(7,8)9)41-55(45-59)82(10,11)12)75-39-51(38-74(86)78(75)83)50-35-36-77-65(37-50)62-31-21-24-34-76(62)88-77/h13-49H,1-12H3. The van der Waals surface area contributed by atoms with Gasteiger partial charge in [0.05, 0.1) is 22.1 Å². The van der Waals surface area contributed by atoms with Crippen molar-refractivity contribution < 1.29 is 0 Å². The Morgan fingerprint density at radius 2 is 0.682 bits per heavy atom. The summed E-state index contributed by atoms with van der Waals surface area (Å²) in [5.74, 6) is 0. The first-order valence-electron chi connectivity index (χ1n) is 31.4. The number of anilines is 6. The van der Waals surface area contributed by atoms with Gasteiger partial charge in [-0.25, -0.2) is 0 Å². The van der Waals surface area contributed by atoms with Crippen molar-refractivity contribution in [2.45, 2.75) is 105 Å². The molecule has 2 aliphatic heterocycles. The van der Waals surface area contributed by atoms with Crippen molar-refractivity contribution in [3.63, 3.8) is 0 Å². The van der Waals surface area contributed by atoms with E-state index in [1.54, 1.807) is 0 Å². The lowest BCUT2D eigenvalue weighted by molar-refractivity contribution is 0.568. The molecule has 0 aliphatic carbocycles. The van der Waals surface area contributed by atoms with Crippen molar-refractivity contribution in [2.75, 3.05) is 9.80 Å². The van der Waals surface area contributed by atoms with Crippen LogP contribution < -0.4 is 26.2 Å². The molecule has 0 unspecified atom stereocenters. The number of hydrogen-bond donors (Lipinski definition) is 0. The van der Waals surface area contributed by atoms with Crippen molar-refractivity contribution in [1.82, 2.24) is 9.13 Å². The minimum atomic E-state index is -0.174. The highest BCUT2D eigenvalue weighted by molar-refractivity contribution is 7.25. The molecule has 0 spiro atoms. The fourth-order valence-corrected chi connectivity index (χ4v) is 15.6. The first kappa shape index (κ1) is 54.3. The molecule has 11 aromatic carbocycles. The summed E-state index contributed by atoms with van der Waals surface area (Å²) in [5.41, 5.74) is 25.1. The Balaban J connectivity index is 1.12. The summed E-state index contributed by atoms with van der Waals surface area (Å²) in [4.78, 5) is 5.39. The number of aromatic nitrogens is 2. The van der Waals surface area contributed by atoms with E-state index in [9.17, 15) is 0 Å². The lowest BCUT2D eigenvalue weighted by Crippen LogP contribution is -2.61. The Bertz CT molecular complexity index is 4870. The maximum absolute atomic E-state index is 2.69. The van der Waals surface area contributed by atoms with Crippen molar-refractivity contribution in [2.24, 2.45) is 0 Å². The van der Waals surface area contributed by atoms with E-state index in [0.29, 0.717) is 0 Å². The Hall–Kier alpha value is -9.10. The van der Waals surface area contributed by atoms with Crippen molar-refractivity contribution in [1.29, 1.82) is 0 Å². The van der Waals surface area contributed by atoms with Crippen LogP contribution in [0, 0.1) is 0 Å². The molecule has 0 saturated heterocycles. The molecule has 0 radical (unpaired) electrons. The Kier molecular flexibility index (Phi) is 11.8. The molecule has 0 N–H and O–H groups in total. The number of rotatable bonds is 5. The van der Waals surface area contributed by atoms with E-state index in [4.69, 9.17) is 0 Å². The SMILES string of the molecule is CC(C)(C)c1cc(N2c3cc4c(cc3B3c5cc6c7ccccc7n(-c7ccccc7)c6cc5N(c5cc(C(C)(C)C)cc(C(C)(C)C)c5)c5cc(-c6ccc7sc8ccccc8c7c6)cc2c53)c2ccccc2n4-c2ccccc2)cc(C(C)(C)C)c1. The molecule has 0 amide bonds. The summed E-state index contributed by atoms with van der Waals surface area (Å²) in [6.45, 7) is 28.3. The maximum atomic E-state index is 2.69. The predicted molar refractivity (Wildman–Crippen MR) is 382 cm³/mol. The van der Waals surface area contributed by atoms with Gasteiger partial charge >= 0.3 is 0 Å². The molecule has 14 aromatic rings. The van der Waals surface area contributed by atoms with Gasteiger partial charge in [-0.1, -0.05) is 204 Å². The molecule has 5 heterocycles. The molecule has 6 heteroatoms. The third kappa shape index (κ3) is 8.46. The second kappa shape index (κ2) is 19.2. The Morgan fingerprint density at radius 1 is 0.284 bits per heavy atom. The van der Waals surface area contributed by atoms with Gasteiger partial charge in [0.25, 0.3) is 6.71 Å². The topological polar surface area (TPSA) is 16.3 Å². The molecule has 430 valence electrons. The average Bonchev–Trinajstić information content (AvgIpc) is 0.925. The molecule has 0 bridgehead atoms. The molecule has 16 rings (SSSR count). The van der Waals surface area contributed by atoms with Gasteiger partial charge in [-0.2, -0.15) is 0 Å². The van der Waals surface area contributed by atoms with Crippen LogP contribution >= 0.6 is 11.3 Å². The monoisotopic (exact) mass is 1160 g/mol. The van der Waals surface area contributed by atoms with E-state index in [-0.39, 0.29) is 28.4 Å². The second-order valence-corrected chi connectivity index (χ2v) is 30.2. The lowest BCUT2D eigenvalue weighted by Gasteiger charge is -2.45. The fourth-order valence-electron chi connectivity index (χ4n) is 14.5. The molecule has 0 fully saturated rings. The summed E-state index contributed by atoms with van der Waals surface area (Å²) in [6, 6.07) is 86.7. The molecule has 3 aromatic heterocycles. The molecular formula is C82H73BN4S. The largest absolute Gasteiger partial charge is 0.311 e. The van der Waals surface area contributed by atoms with Crippen LogP contribution in [0.4, 0.5) is 34.1 Å². The average molecular weight is 1160 g/mol. The molecule has 4 nitrogen and oxygen atoms in total. The van der Waals surface area contributed by atoms with Gasteiger partial charge in [-0.05, 0) is 175 Å². The van der Waals surface area contributed by atoms with Gasteiger partial charge in [-0.15, -0.1) is 11.3 Å². The zero-order chi connectivity index (χ0) is 60.5. The number of fused-ring (bicyclic) bond motifs is 13. The van der Waals surface area contributed by atoms with Crippen LogP contribution in [0.15, 0.2) is 224 Å². The van der Waals surface area contributed by atoms with Crippen LogP contribution in [-0.4, -0.2) is 15.8 Å². The number of hydrogen-bond acceptors (Lipinski definition) is 3. The summed E-state index contributed by atoms with van der Waals surface area (Å²) in [7, 11) is 0. The second-order valence-electron chi connectivity index (χ2n) is 29.1. The molecule has 88 heavy (non-hydrogen) atoms. The van der Waals surface area contributed by atoms with Gasteiger partial charge in [0.1, 0.15) is 0 Å². The predicted octanol–water partition coefficient (Wildman–Crippen LogP) is 21.2. The van der Waals surface area contributed by atoms with E-state index < -0.39 is 0 Å². The quantitative estimate of drug-likeness (QED) is 0.160. The van der Waals surface area contributed by atoms with Crippen LogP contribution in [0.3, 0.4) is 0 Å². The van der Waals surface area contributed by atoms with Crippen LogP contribution in [0.25, 0.3) is 86.3 Å². The number of benzene rings is 11. The van der Waals surface area contributed by atoms with Gasteiger partial charge in [0.15, 0.2) is 0 Å². The van der Waals surface area contributed by atoms with Gasteiger partial charge in [0.2, 0.25) is 0 Å². The van der Waals surface area contributed by atoms with Crippen LogP contribution in [0.1, 0.15) is 105 Å². The number of nitrogens with zero attached hydrogens (tertiary/aromatic N) is 4. The highest BCUT2D eigenvalue weighted by atomic mass is 32.1. The van der Waals surface area contributed by atoms with Crippen molar-refractivity contribution >= 4 is 132 Å². The maximum Gasteiger partial charge on any atom is 0.252 e. The molecular weight excluding hydrogens is 1080 g/mol. The zero-order valence-corrected chi connectivity index (χ0v) is 53.5. The van der Waals surface area contributed by atoms with Gasteiger partial charge in [0, 0.05) is 87.2 Å². The minimum Gasteiger partial charge on any atom is -0.311 e. The van der Waals surface area contributed by atoms with Crippen molar-refractivity contribution in [3.05, 3.63) is 247 Å². The highest BCUT2D eigenvalue weighted by Crippen LogP contribution is 2.51. The summed E-state index contributed by atoms with van der Waals surface area (Å²) in [5, 5.41) is 7.56. The van der Waals surface area contributed by atoms with E-state index in [1.165, 1.54) is 148 Å². The first-order chi connectivity index (χ1) is 42.2. The third-order valence-electron chi connectivity index (χ3n) is 19.2. The number of para-hydroxylation sites is 4.